The van der Waals surface area contributed by atoms with Gasteiger partial charge in [0, 0.05) is 16.9 Å². The minimum Gasteiger partial charge on any atom is -0.466 e. The van der Waals surface area contributed by atoms with E-state index in [1.807, 2.05) is 6.92 Å². The van der Waals surface area contributed by atoms with Crippen molar-refractivity contribution in [2.24, 2.45) is 11.3 Å². The number of aliphatic hydroxyl groups is 1. The molecule has 0 heterocycles. The molecule has 0 radical (unpaired) electrons. The Morgan fingerprint density at radius 2 is 2.10 bits per heavy atom. The van der Waals surface area contributed by atoms with Crippen molar-refractivity contribution >= 4 is 5.97 Å². The zero-order chi connectivity index (χ0) is 15.8. The first-order valence-electron chi connectivity index (χ1n) is 7.30. The molecule has 0 aromatic heterocycles. The summed E-state index contributed by atoms with van der Waals surface area (Å²) in [7, 11) is 1.28. The zero-order valence-corrected chi connectivity index (χ0v) is 12.7. The Bertz CT molecular complexity index is 471. The topological polar surface area (TPSA) is 76.0 Å². The lowest BCUT2D eigenvalue weighted by molar-refractivity contribution is -0.376. The van der Waals surface area contributed by atoms with Crippen LogP contribution >= 0.6 is 0 Å². The average Bonchev–Trinajstić information content (AvgIpc) is 2.46. The summed E-state index contributed by atoms with van der Waals surface area (Å²) in [6, 6.07) is 0. The smallest absolute Gasteiger partial charge is 0.333 e. The summed E-state index contributed by atoms with van der Waals surface area (Å²) >= 11 is 0. The predicted molar refractivity (Wildman–Crippen MR) is 77.4 cm³/mol. The lowest BCUT2D eigenvalue weighted by Crippen LogP contribution is -2.64. The van der Waals surface area contributed by atoms with Crippen molar-refractivity contribution < 1.29 is 24.8 Å². The minimum absolute atomic E-state index is 0.210. The highest BCUT2D eigenvalue weighted by Gasteiger charge is 2.62. The molecule has 2 rings (SSSR count). The van der Waals surface area contributed by atoms with Crippen LogP contribution in [0.25, 0.3) is 0 Å². The summed E-state index contributed by atoms with van der Waals surface area (Å²) in [6.07, 6.45) is 2.72. The number of fused-ring (bicyclic) bond motifs is 1. The molecule has 2 N–H and O–H groups in total. The maximum absolute atomic E-state index is 11.7. The maximum atomic E-state index is 11.7. The van der Waals surface area contributed by atoms with Gasteiger partial charge < -0.3 is 9.84 Å². The summed E-state index contributed by atoms with van der Waals surface area (Å²) in [5.74, 6) is -1.05. The molecular weight excluding hydrogens is 272 g/mol. The highest BCUT2D eigenvalue weighted by molar-refractivity contribution is 5.88. The van der Waals surface area contributed by atoms with Crippen LogP contribution in [0.2, 0.25) is 0 Å². The van der Waals surface area contributed by atoms with Gasteiger partial charge in [-0.05, 0) is 37.7 Å². The van der Waals surface area contributed by atoms with Gasteiger partial charge in [-0.15, -0.1) is 0 Å². The number of rotatable bonds is 3. The van der Waals surface area contributed by atoms with E-state index in [2.05, 4.69) is 13.2 Å². The molecule has 0 saturated heterocycles. The maximum Gasteiger partial charge on any atom is 0.333 e. The Morgan fingerprint density at radius 3 is 2.67 bits per heavy atom. The third-order valence-corrected chi connectivity index (χ3v) is 5.47. The van der Waals surface area contributed by atoms with Crippen molar-refractivity contribution in [3.8, 4) is 0 Å². The van der Waals surface area contributed by atoms with Crippen LogP contribution in [0.3, 0.4) is 0 Å². The average molecular weight is 296 g/mol. The number of ether oxygens (including phenoxy) is 1. The molecule has 0 spiro atoms. The monoisotopic (exact) mass is 296 g/mol. The third kappa shape index (κ3) is 2.15. The van der Waals surface area contributed by atoms with Gasteiger partial charge in [0.25, 0.3) is 0 Å². The van der Waals surface area contributed by atoms with E-state index in [-0.39, 0.29) is 5.57 Å². The van der Waals surface area contributed by atoms with Gasteiger partial charge in [-0.3, -0.25) is 5.26 Å². The van der Waals surface area contributed by atoms with Crippen molar-refractivity contribution in [1.29, 1.82) is 0 Å². The van der Waals surface area contributed by atoms with Gasteiger partial charge in [0.05, 0.1) is 13.2 Å². The fourth-order valence-corrected chi connectivity index (χ4v) is 4.16. The number of carbonyl (C=O) groups excluding carboxylic acids is 1. The predicted octanol–water partition coefficient (Wildman–Crippen LogP) is 2.46. The first-order chi connectivity index (χ1) is 9.84. The van der Waals surface area contributed by atoms with E-state index in [9.17, 15) is 15.2 Å². The van der Waals surface area contributed by atoms with Crippen LogP contribution in [0.5, 0.6) is 0 Å². The molecule has 2 aliphatic rings. The molecule has 0 aliphatic heterocycles. The molecule has 4 unspecified atom stereocenters. The molecule has 0 bridgehead atoms. The lowest BCUT2D eigenvalue weighted by Gasteiger charge is -2.57. The fourth-order valence-electron chi connectivity index (χ4n) is 4.16. The van der Waals surface area contributed by atoms with Crippen molar-refractivity contribution in [3.05, 3.63) is 24.3 Å². The highest BCUT2D eigenvalue weighted by atomic mass is 17.1. The van der Waals surface area contributed by atoms with Crippen LogP contribution in [0.15, 0.2) is 24.3 Å². The van der Waals surface area contributed by atoms with Crippen LogP contribution in [0.1, 0.15) is 39.0 Å². The Hall–Kier alpha value is -1.17. The van der Waals surface area contributed by atoms with E-state index in [0.29, 0.717) is 24.8 Å². The van der Waals surface area contributed by atoms with Gasteiger partial charge in [-0.1, -0.05) is 20.1 Å². The van der Waals surface area contributed by atoms with Crippen molar-refractivity contribution in [2.75, 3.05) is 7.11 Å². The largest absolute Gasteiger partial charge is 0.466 e. The number of carbonyl (C=O) groups is 1. The van der Waals surface area contributed by atoms with Gasteiger partial charge in [0.2, 0.25) is 0 Å². The second kappa shape index (κ2) is 5.55. The molecule has 2 fully saturated rings. The van der Waals surface area contributed by atoms with Crippen LogP contribution in [0.4, 0.5) is 0 Å². The Balaban J connectivity index is 2.41. The highest BCUT2D eigenvalue weighted by Crippen LogP contribution is 2.58. The Kier molecular flexibility index (Phi) is 4.29. The van der Waals surface area contributed by atoms with Crippen LogP contribution < -0.4 is 0 Å². The van der Waals surface area contributed by atoms with E-state index in [1.165, 1.54) is 7.11 Å². The molecule has 0 aromatic carbocycles. The number of esters is 1. The van der Waals surface area contributed by atoms with E-state index in [0.717, 1.165) is 12.8 Å². The molecule has 2 saturated carbocycles. The lowest BCUT2D eigenvalue weighted by atomic mass is 9.52. The van der Waals surface area contributed by atoms with Gasteiger partial charge in [-0.25, -0.2) is 9.68 Å². The van der Waals surface area contributed by atoms with E-state index >= 15 is 0 Å². The molecule has 5 heteroatoms. The van der Waals surface area contributed by atoms with Gasteiger partial charge >= 0.3 is 5.97 Å². The van der Waals surface area contributed by atoms with E-state index in [1.54, 1.807) is 0 Å². The fraction of sp³-hybridized carbons (Fsp3) is 0.688. The van der Waals surface area contributed by atoms with Gasteiger partial charge in [0.15, 0.2) is 5.60 Å². The molecule has 2 aliphatic carbocycles. The molecule has 118 valence electrons. The summed E-state index contributed by atoms with van der Waals surface area (Å²) in [4.78, 5) is 16.6. The first kappa shape index (κ1) is 16.2. The third-order valence-electron chi connectivity index (χ3n) is 5.47. The van der Waals surface area contributed by atoms with Crippen LogP contribution in [0, 0.1) is 11.3 Å². The standard InChI is InChI=1S/C16H24O5/c1-10-6-5-8-15(3)9-7-12(11(2)14(18)20-4)13(17)16(10,15)21-19/h12-13,17,19H,1-2,5-9H2,3-4H3. The van der Waals surface area contributed by atoms with Crippen molar-refractivity contribution in [3.63, 3.8) is 0 Å². The number of hydrogen-bond acceptors (Lipinski definition) is 5. The van der Waals surface area contributed by atoms with E-state index in [4.69, 9.17) is 9.62 Å². The molecule has 5 nitrogen and oxygen atoms in total. The number of aliphatic hydroxyl groups excluding tert-OH is 1. The zero-order valence-electron chi connectivity index (χ0n) is 12.7. The van der Waals surface area contributed by atoms with Crippen LogP contribution in [-0.2, 0) is 14.4 Å². The summed E-state index contributed by atoms with van der Waals surface area (Å²) in [6.45, 7) is 9.75. The van der Waals surface area contributed by atoms with Gasteiger partial charge in [-0.2, -0.15) is 0 Å². The SMILES string of the molecule is C=C(C(=O)OC)C1CCC2(C)CCCC(=C)C2(OO)C1O. The summed E-state index contributed by atoms with van der Waals surface area (Å²) in [5, 5.41) is 20.5. The first-order valence-corrected chi connectivity index (χ1v) is 7.30. The van der Waals surface area contributed by atoms with E-state index < -0.39 is 29.0 Å². The number of hydrogen-bond donors (Lipinski definition) is 2. The molecular formula is C16H24O5. The normalized spacial score (nSPS) is 39.5. The second-order valence-corrected chi connectivity index (χ2v) is 6.45. The van der Waals surface area contributed by atoms with Gasteiger partial charge in [0.1, 0.15) is 0 Å². The Labute approximate surface area is 125 Å². The summed E-state index contributed by atoms with van der Waals surface area (Å²) < 4.78 is 4.69. The van der Waals surface area contributed by atoms with Crippen molar-refractivity contribution in [1.82, 2.24) is 0 Å². The minimum atomic E-state index is -1.24. The van der Waals surface area contributed by atoms with Crippen LogP contribution in [-0.4, -0.2) is 35.1 Å². The Morgan fingerprint density at radius 1 is 1.43 bits per heavy atom. The van der Waals surface area contributed by atoms with Crippen molar-refractivity contribution in [2.45, 2.75) is 50.7 Å². The molecule has 4 atom stereocenters. The quantitative estimate of drug-likeness (QED) is 0.275. The second-order valence-electron chi connectivity index (χ2n) is 6.45. The molecule has 21 heavy (non-hydrogen) atoms. The molecule has 0 aromatic rings. The number of methoxy groups -OCH3 is 1. The molecule has 0 amide bonds. The summed E-state index contributed by atoms with van der Waals surface area (Å²) in [5.41, 5.74) is -0.760.